The van der Waals surface area contributed by atoms with Gasteiger partial charge in [0.15, 0.2) is 6.23 Å². The number of imidazole rings is 1. The Hall–Kier alpha value is -3.13. The molecule has 1 saturated heterocycles. The van der Waals surface area contributed by atoms with Crippen molar-refractivity contribution in [3.63, 3.8) is 0 Å². The predicted molar refractivity (Wildman–Crippen MR) is 92.6 cm³/mol. The fourth-order valence-corrected chi connectivity index (χ4v) is 3.25. The second-order valence-corrected chi connectivity index (χ2v) is 6.23. The Kier molecular flexibility index (Phi) is 4.18. The van der Waals surface area contributed by atoms with Crippen LogP contribution in [0, 0.1) is 5.92 Å². The molecule has 0 saturated carbocycles. The second kappa shape index (κ2) is 6.64. The molecule has 2 aliphatic heterocycles. The van der Waals surface area contributed by atoms with Crippen LogP contribution >= 0.6 is 0 Å². The van der Waals surface area contributed by atoms with E-state index < -0.39 is 12.1 Å². The van der Waals surface area contributed by atoms with Crippen LogP contribution in [0.2, 0.25) is 0 Å². The number of benzene rings is 1. The number of hydrogen-bond acceptors (Lipinski definition) is 5. The lowest BCUT2D eigenvalue weighted by Crippen LogP contribution is -2.55. The maximum absolute atomic E-state index is 12.6. The van der Waals surface area contributed by atoms with Crippen molar-refractivity contribution in [1.82, 2.24) is 25.5 Å². The molecule has 0 radical (unpaired) electrons. The van der Waals surface area contributed by atoms with E-state index in [1.807, 2.05) is 35.0 Å². The van der Waals surface area contributed by atoms with Crippen LogP contribution in [0.5, 0.6) is 0 Å². The zero-order valence-corrected chi connectivity index (χ0v) is 14.2. The van der Waals surface area contributed by atoms with Crippen molar-refractivity contribution in [2.45, 2.75) is 19.7 Å². The van der Waals surface area contributed by atoms with Crippen molar-refractivity contribution >= 4 is 11.8 Å². The summed E-state index contributed by atoms with van der Waals surface area (Å²) in [6.45, 7) is 2.42. The minimum Gasteiger partial charge on any atom is -0.478 e. The fourth-order valence-electron chi connectivity index (χ4n) is 3.25. The summed E-state index contributed by atoms with van der Waals surface area (Å²) < 4.78 is 7.52. The molecular formula is C18H19N5O3. The van der Waals surface area contributed by atoms with Gasteiger partial charge in [-0.2, -0.15) is 0 Å². The first-order chi connectivity index (χ1) is 12.6. The summed E-state index contributed by atoms with van der Waals surface area (Å²) in [5.41, 5.74) is 2.34. The number of fused-ring (bicyclic) bond motifs is 1. The number of carbonyl (C=O) groups excluding carboxylic acids is 2. The average Bonchev–Trinajstić information content (AvgIpc) is 3.28. The third kappa shape index (κ3) is 2.95. The summed E-state index contributed by atoms with van der Waals surface area (Å²) in [6.07, 6.45) is 4.84. The fraction of sp³-hybridized carbons (Fsp3) is 0.278. The number of rotatable bonds is 4. The van der Waals surface area contributed by atoms with Gasteiger partial charge < -0.3 is 19.9 Å². The largest absolute Gasteiger partial charge is 0.478 e. The summed E-state index contributed by atoms with van der Waals surface area (Å²) in [6, 6.07) is 7.81. The van der Waals surface area contributed by atoms with Crippen LogP contribution in [-0.2, 0) is 20.9 Å². The van der Waals surface area contributed by atoms with Crippen molar-refractivity contribution < 1.29 is 14.3 Å². The molecule has 3 heterocycles. The number of nitrogens with zero attached hydrogens (tertiary/aromatic N) is 2. The molecule has 2 amide bonds. The van der Waals surface area contributed by atoms with Crippen LogP contribution in [0.3, 0.4) is 0 Å². The summed E-state index contributed by atoms with van der Waals surface area (Å²) in [7, 11) is 0. The first-order valence-electron chi connectivity index (χ1n) is 8.37. The van der Waals surface area contributed by atoms with Gasteiger partial charge >= 0.3 is 0 Å². The Morgan fingerprint density at radius 2 is 2.19 bits per heavy atom. The predicted octanol–water partition coefficient (Wildman–Crippen LogP) is 0.412. The Morgan fingerprint density at radius 3 is 2.92 bits per heavy atom. The molecule has 0 aliphatic carbocycles. The highest BCUT2D eigenvalue weighted by Gasteiger charge is 2.45. The molecule has 0 bridgehead atoms. The van der Waals surface area contributed by atoms with E-state index in [1.165, 1.54) is 0 Å². The molecule has 134 valence electrons. The quantitative estimate of drug-likeness (QED) is 0.740. The van der Waals surface area contributed by atoms with Gasteiger partial charge in [0.1, 0.15) is 11.7 Å². The van der Waals surface area contributed by atoms with E-state index in [-0.39, 0.29) is 11.8 Å². The number of allylic oxidation sites excluding steroid dienone is 1. The SMILES string of the molecule is CC1=C(C(=O)NCc2ccc(-n3ccnc3)cc2)C2C(=O)NCNC2O1. The number of hydrogen-bond donors (Lipinski definition) is 3. The Labute approximate surface area is 150 Å². The van der Waals surface area contributed by atoms with Gasteiger partial charge in [0.05, 0.1) is 18.6 Å². The van der Waals surface area contributed by atoms with Crippen molar-refractivity contribution in [2.24, 2.45) is 5.92 Å². The maximum atomic E-state index is 12.6. The van der Waals surface area contributed by atoms with Gasteiger partial charge in [-0.15, -0.1) is 0 Å². The normalized spacial score (nSPS) is 21.8. The van der Waals surface area contributed by atoms with E-state index in [0.29, 0.717) is 24.5 Å². The molecule has 26 heavy (non-hydrogen) atoms. The van der Waals surface area contributed by atoms with E-state index in [1.54, 1.807) is 19.4 Å². The van der Waals surface area contributed by atoms with E-state index >= 15 is 0 Å². The molecular weight excluding hydrogens is 334 g/mol. The van der Waals surface area contributed by atoms with Gasteiger partial charge in [-0.1, -0.05) is 12.1 Å². The van der Waals surface area contributed by atoms with E-state index in [4.69, 9.17) is 4.74 Å². The number of aromatic nitrogens is 2. The van der Waals surface area contributed by atoms with E-state index in [2.05, 4.69) is 20.9 Å². The van der Waals surface area contributed by atoms with Gasteiger partial charge in [-0.3, -0.25) is 14.9 Å². The number of nitrogens with one attached hydrogen (secondary N) is 3. The first kappa shape index (κ1) is 16.3. The lowest BCUT2D eigenvalue weighted by Gasteiger charge is -2.26. The summed E-state index contributed by atoms with van der Waals surface area (Å²) in [5.74, 6) is -0.613. The van der Waals surface area contributed by atoms with E-state index in [0.717, 1.165) is 11.3 Å². The Morgan fingerprint density at radius 1 is 1.38 bits per heavy atom. The first-order valence-corrected chi connectivity index (χ1v) is 8.37. The maximum Gasteiger partial charge on any atom is 0.251 e. The van der Waals surface area contributed by atoms with Gasteiger partial charge in [-0.05, 0) is 24.6 Å². The monoisotopic (exact) mass is 353 g/mol. The molecule has 3 N–H and O–H groups in total. The number of ether oxygens (including phenoxy) is 1. The van der Waals surface area contributed by atoms with Gasteiger partial charge in [0.2, 0.25) is 5.91 Å². The Bertz CT molecular complexity index is 857. The summed E-state index contributed by atoms with van der Waals surface area (Å²) in [5, 5.41) is 8.61. The number of amides is 2. The van der Waals surface area contributed by atoms with Gasteiger partial charge in [-0.25, -0.2) is 4.98 Å². The van der Waals surface area contributed by atoms with Gasteiger partial charge in [0, 0.05) is 24.6 Å². The molecule has 4 rings (SSSR count). The van der Waals surface area contributed by atoms with Crippen LogP contribution in [0.4, 0.5) is 0 Å². The zero-order chi connectivity index (χ0) is 18.1. The Balaban J connectivity index is 1.42. The molecule has 2 unspecified atom stereocenters. The van der Waals surface area contributed by atoms with Crippen LogP contribution in [0.15, 0.2) is 54.3 Å². The van der Waals surface area contributed by atoms with Crippen LogP contribution in [0.1, 0.15) is 12.5 Å². The zero-order valence-electron chi connectivity index (χ0n) is 14.2. The standard InChI is InChI=1S/C18H19N5O3/c1-11-14(15-17(25)21-9-22-18(15)26-11)16(24)20-8-12-2-4-13(5-3-12)23-7-6-19-10-23/h2-7,10,15,18,22H,8-9H2,1H3,(H,20,24)(H,21,25). The minimum absolute atomic E-state index is 0.194. The molecule has 1 aromatic heterocycles. The van der Waals surface area contributed by atoms with Gasteiger partial charge in [0.25, 0.3) is 5.91 Å². The molecule has 2 aliphatic rings. The molecule has 1 fully saturated rings. The smallest absolute Gasteiger partial charge is 0.251 e. The van der Waals surface area contributed by atoms with Crippen LogP contribution in [-0.4, -0.2) is 34.3 Å². The van der Waals surface area contributed by atoms with E-state index in [9.17, 15) is 9.59 Å². The molecule has 0 spiro atoms. The summed E-state index contributed by atoms with van der Waals surface area (Å²) >= 11 is 0. The van der Waals surface area contributed by atoms with Crippen molar-refractivity contribution in [2.75, 3.05) is 6.67 Å². The molecule has 2 aromatic rings. The summed E-state index contributed by atoms with van der Waals surface area (Å²) in [4.78, 5) is 28.7. The topological polar surface area (TPSA) is 97.3 Å². The molecule has 8 nitrogen and oxygen atoms in total. The minimum atomic E-state index is -0.618. The average molecular weight is 353 g/mol. The van der Waals surface area contributed by atoms with Crippen molar-refractivity contribution in [1.29, 1.82) is 0 Å². The third-order valence-electron chi connectivity index (χ3n) is 4.58. The van der Waals surface area contributed by atoms with Crippen molar-refractivity contribution in [3.8, 4) is 5.69 Å². The van der Waals surface area contributed by atoms with Crippen molar-refractivity contribution in [3.05, 3.63) is 59.9 Å². The molecule has 1 aromatic carbocycles. The third-order valence-corrected chi connectivity index (χ3v) is 4.58. The lowest BCUT2D eigenvalue weighted by atomic mass is 9.95. The highest BCUT2D eigenvalue weighted by Crippen LogP contribution is 2.31. The number of carbonyl (C=O) groups is 2. The molecule has 2 atom stereocenters. The van der Waals surface area contributed by atoms with Crippen LogP contribution in [0.25, 0.3) is 5.69 Å². The van der Waals surface area contributed by atoms with Crippen LogP contribution < -0.4 is 16.0 Å². The highest BCUT2D eigenvalue weighted by molar-refractivity contribution is 6.01. The second-order valence-electron chi connectivity index (χ2n) is 6.23. The molecule has 8 heteroatoms. The highest BCUT2D eigenvalue weighted by atomic mass is 16.5. The lowest BCUT2D eigenvalue weighted by molar-refractivity contribution is -0.131.